The fourth-order valence-corrected chi connectivity index (χ4v) is 2.99. The second-order valence-corrected chi connectivity index (χ2v) is 4.99. The molecule has 2 heterocycles. The van der Waals surface area contributed by atoms with Gasteiger partial charge in [0, 0.05) is 29.1 Å². The topological polar surface area (TPSA) is 75.2 Å². The molecule has 0 radical (unpaired) electrons. The third kappa shape index (κ3) is 1.20. The Hall–Kier alpha value is -1.95. The van der Waals surface area contributed by atoms with Gasteiger partial charge in [0.05, 0.1) is 6.20 Å². The van der Waals surface area contributed by atoms with Crippen LogP contribution in [0.25, 0.3) is 11.1 Å². The van der Waals surface area contributed by atoms with Gasteiger partial charge >= 0.3 is 0 Å². The summed E-state index contributed by atoms with van der Waals surface area (Å²) in [6, 6.07) is 5.27. The highest BCUT2D eigenvalue weighted by atomic mass is 32.2. The quantitative estimate of drug-likeness (QED) is 0.804. The van der Waals surface area contributed by atoms with Crippen LogP contribution in [0.5, 0.6) is 0 Å². The Balaban J connectivity index is 2.36. The van der Waals surface area contributed by atoms with E-state index in [0.717, 1.165) is 5.56 Å². The number of hydrogen-bond donors (Lipinski definition) is 1. The number of fused-ring (bicyclic) bond motifs is 1. The molecular formula is C10H7N3O2S. The molecule has 1 aliphatic rings. The third-order valence-corrected chi connectivity index (χ3v) is 3.80. The monoisotopic (exact) mass is 233 g/mol. The molecule has 1 aromatic carbocycles. The van der Waals surface area contributed by atoms with Gasteiger partial charge in [-0.3, -0.25) is 5.10 Å². The lowest BCUT2D eigenvalue weighted by Crippen LogP contribution is -1.96. The van der Waals surface area contributed by atoms with Crippen LogP contribution < -0.4 is 0 Å². The Morgan fingerprint density at radius 3 is 2.88 bits per heavy atom. The molecule has 5 nitrogen and oxygen atoms in total. The van der Waals surface area contributed by atoms with Crippen LogP contribution in [0.1, 0.15) is 5.56 Å². The molecule has 1 N–H and O–H groups in total. The molecule has 0 aliphatic carbocycles. The predicted molar refractivity (Wildman–Crippen MR) is 58.8 cm³/mol. The Labute approximate surface area is 91.9 Å². The lowest BCUT2D eigenvalue weighted by atomic mass is 10.1. The number of nitrogens with zero attached hydrogens (tertiary/aromatic N) is 2. The number of aromatic nitrogens is 2. The van der Waals surface area contributed by atoms with Gasteiger partial charge in [0.1, 0.15) is 4.90 Å². The van der Waals surface area contributed by atoms with Crippen LogP contribution in [0.2, 0.25) is 0 Å². The second kappa shape index (κ2) is 3.02. The number of benzene rings is 1. The van der Waals surface area contributed by atoms with E-state index in [0.29, 0.717) is 11.1 Å². The van der Waals surface area contributed by atoms with Gasteiger partial charge in [-0.05, 0) is 0 Å². The van der Waals surface area contributed by atoms with E-state index in [1.807, 2.05) is 0 Å². The summed E-state index contributed by atoms with van der Waals surface area (Å²) >= 11 is 0. The molecule has 16 heavy (non-hydrogen) atoms. The van der Waals surface area contributed by atoms with Crippen LogP contribution in [0, 0.1) is 0 Å². The number of rotatable bonds is 1. The zero-order valence-corrected chi connectivity index (χ0v) is 8.90. The average Bonchev–Trinajstić information content (AvgIpc) is 2.87. The van der Waals surface area contributed by atoms with Crippen molar-refractivity contribution in [2.24, 2.45) is 4.40 Å². The molecule has 1 aliphatic heterocycles. The van der Waals surface area contributed by atoms with E-state index >= 15 is 0 Å². The van der Waals surface area contributed by atoms with Crippen molar-refractivity contribution in [2.75, 3.05) is 0 Å². The summed E-state index contributed by atoms with van der Waals surface area (Å²) < 4.78 is 27.0. The van der Waals surface area contributed by atoms with E-state index in [9.17, 15) is 8.42 Å². The van der Waals surface area contributed by atoms with E-state index in [1.165, 1.54) is 6.21 Å². The van der Waals surface area contributed by atoms with Gasteiger partial charge in [0.15, 0.2) is 0 Å². The first-order valence-electron chi connectivity index (χ1n) is 4.61. The molecule has 0 fully saturated rings. The highest BCUT2D eigenvalue weighted by Gasteiger charge is 2.26. The molecular weight excluding hydrogens is 226 g/mol. The summed E-state index contributed by atoms with van der Waals surface area (Å²) in [4.78, 5) is 0.261. The van der Waals surface area contributed by atoms with Crippen molar-refractivity contribution in [3.05, 3.63) is 36.2 Å². The maximum atomic E-state index is 11.7. The van der Waals surface area contributed by atoms with Crippen molar-refractivity contribution in [3.63, 3.8) is 0 Å². The van der Waals surface area contributed by atoms with Gasteiger partial charge in [-0.15, -0.1) is 0 Å². The summed E-state index contributed by atoms with van der Waals surface area (Å²) in [5, 5.41) is 6.47. The summed E-state index contributed by atoms with van der Waals surface area (Å²) in [6.07, 6.45) is 4.61. The van der Waals surface area contributed by atoms with Crippen LogP contribution in [0.15, 0.2) is 39.9 Å². The molecule has 0 saturated heterocycles. The normalized spacial score (nSPS) is 16.2. The zero-order valence-electron chi connectivity index (χ0n) is 8.08. The van der Waals surface area contributed by atoms with Crippen molar-refractivity contribution >= 4 is 16.2 Å². The Kier molecular flexibility index (Phi) is 1.75. The van der Waals surface area contributed by atoms with Crippen molar-refractivity contribution in [1.82, 2.24) is 10.2 Å². The van der Waals surface area contributed by atoms with Crippen molar-refractivity contribution in [1.29, 1.82) is 0 Å². The van der Waals surface area contributed by atoms with Crippen molar-refractivity contribution in [3.8, 4) is 11.1 Å². The number of nitrogens with one attached hydrogen (secondary N) is 1. The van der Waals surface area contributed by atoms with E-state index in [1.54, 1.807) is 30.6 Å². The first-order valence-corrected chi connectivity index (χ1v) is 6.05. The summed E-state index contributed by atoms with van der Waals surface area (Å²) in [5.74, 6) is 0. The maximum Gasteiger partial charge on any atom is 0.283 e. The van der Waals surface area contributed by atoms with Crippen LogP contribution in [0.3, 0.4) is 0 Å². The SMILES string of the molecule is O=S1(=O)N=Cc2cccc(-c3cn[nH]c3)c21. The number of hydrogen-bond acceptors (Lipinski definition) is 3. The molecule has 0 spiro atoms. The lowest BCUT2D eigenvalue weighted by molar-refractivity contribution is 0.599. The van der Waals surface area contributed by atoms with Gasteiger partial charge in [-0.2, -0.15) is 17.9 Å². The molecule has 0 saturated carbocycles. The van der Waals surface area contributed by atoms with Crippen LogP contribution in [0.4, 0.5) is 0 Å². The highest BCUT2D eigenvalue weighted by molar-refractivity contribution is 7.90. The molecule has 80 valence electrons. The molecule has 0 bridgehead atoms. The van der Waals surface area contributed by atoms with Gasteiger partial charge in [0.25, 0.3) is 10.0 Å². The average molecular weight is 233 g/mol. The number of H-pyrrole nitrogens is 1. The van der Waals surface area contributed by atoms with Crippen molar-refractivity contribution in [2.45, 2.75) is 4.90 Å². The molecule has 1 aromatic heterocycles. The summed E-state index contributed by atoms with van der Waals surface area (Å²) in [6.45, 7) is 0. The van der Waals surface area contributed by atoms with Gasteiger partial charge < -0.3 is 0 Å². The van der Waals surface area contributed by atoms with Crippen LogP contribution >= 0.6 is 0 Å². The molecule has 0 unspecified atom stereocenters. The largest absolute Gasteiger partial charge is 0.285 e. The minimum absolute atomic E-state index is 0.261. The predicted octanol–water partition coefficient (Wildman–Crippen LogP) is 1.20. The van der Waals surface area contributed by atoms with E-state index in [-0.39, 0.29) is 4.90 Å². The Morgan fingerprint density at radius 1 is 1.25 bits per heavy atom. The van der Waals surface area contributed by atoms with Crippen LogP contribution in [-0.4, -0.2) is 24.8 Å². The fraction of sp³-hybridized carbons (Fsp3) is 0. The van der Waals surface area contributed by atoms with Crippen LogP contribution in [-0.2, 0) is 10.0 Å². The van der Waals surface area contributed by atoms with Gasteiger partial charge in [0.2, 0.25) is 0 Å². The fourth-order valence-electron chi connectivity index (χ4n) is 1.75. The molecule has 0 atom stereocenters. The molecule has 6 heteroatoms. The molecule has 0 amide bonds. The minimum atomic E-state index is -3.53. The molecule has 3 rings (SSSR count). The maximum absolute atomic E-state index is 11.7. The second-order valence-electron chi connectivity index (χ2n) is 3.42. The first kappa shape index (κ1) is 9.29. The number of aromatic amines is 1. The van der Waals surface area contributed by atoms with E-state index in [2.05, 4.69) is 14.6 Å². The summed E-state index contributed by atoms with van der Waals surface area (Å²) in [5.41, 5.74) is 1.99. The van der Waals surface area contributed by atoms with Gasteiger partial charge in [-0.25, -0.2) is 0 Å². The Morgan fingerprint density at radius 2 is 2.12 bits per heavy atom. The smallest absolute Gasteiger partial charge is 0.283 e. The lowest BCUT2D eigenvalue weighted by Gasteiger charge is -2.03. The minimum Gasteiger partial charge on any atom is -0.285 e. The summed E-state index contributed by atoms with van der Waals surface area (Å²) in [7, 11) is -3.53. The zero-order chi connectivity index (χ0) is 11.2. The van der Waals surface area contributed by atoms with Crippen molar-refractivity contribution < 1.29 is 8.42 Å². The van der Waals surface area contributed by atoms with Gasteiger partial charge in [-0.1, -0.05) is 18.2 Å². The highest BCUT2D eigenvalue weighted by Crippen LogP contribution is 2.32. The Bertz CT molecular complexity index is 672. The van der Waals surface area contributed by atoms with E-state index in [4.69, 9.17) is 0 Å². The molecule has 2 aromatic rings. The standard InChI is InChI=1S/C10H7N3O2S/c14-16(15)10-7(6-13-16)2-1-3-9(10)8-4-11-12-5-8/h1-6H,(H,11,12). The first-order chi connectivity index (χ1) is 7.68. The van der Waals surface area contributed by atoms with E-state index < -0.39 is 10.0 Å². The third-order valence-electron chi connectivity index (χ3n) is 2.44. The number of sulfonamides is 1.